The van der Waals surface area contributed by atoms with E-state index in [1.165, 1.54) is 6.07 Å². The highest BCUT2D eigenvalue weighted by atomic mass is 35.5. The second-order valence-electron chi connectivity index (χ2n) is 5.16. The van der Waals surface area contributed by atoms with E-state index in [1.807, 2.05) is 0 Å². The molecule has 0 heterocycles. The Bertz CT molecular complexity index is 791. The van der Waals surface area contributed by atoms with Crippen molar-refractivity contribution < 1.29 is 14.7 Å². The zero-order valence-electron chi connectivity index (χ0n) is 13.1. The SMILES string of the molecule is C=CC(=O)Nc1ccc(C(=O)NCC(O)c2ccc(Cl)cc2Cl)cc1. The van der Waals surface area contributed by atoms with Crippen LogP contribution in [0.15, 0.2) is 55.1 Å². The zero-order valence-corrected chi connectivity index (χ0v) is 14.6. The van der Waals surface area contributed by atoms with E-state index in [2.05, 4.69) is 17.2 Å². The molecule has 0 radical (unpaired) electrons. The predicted molar refractivity (Wildman–Crippen MR) is 99.0 cm³/mol. The molecule has 0 spiro atoms. The Balaban J connectivity index is 1.95. The third kappa shape index (κ3) is 5.32. The molecule has 25 heavy (non-hydrogen) atoms. The zero-order chi connectivity index (χ0) is 18.4. The molecule has 1 unspecified atom stereocenters. The summed E-state index contributed by atoms with van der Waals surface area (Å²) in [6.45, 7) is 3.36. The third-order valence-electron chi connectivity index (χ3n) is 3.38. The van der Waals surface area contributed by atoms with Crippen molar-refractivity contribution in [1.82, 2.24) is 5.32 Å². The maximum atomic E-state index is 12.1. The molecule has 2 aromatic rings. The minimum absolute atomic E-state index is 0.00482. The summed E-state index contributed by atoms with van der Waals surface area (Å²) in [5.41, 5.74) is 1.43. The number of carbonyl (C=O) groups excluding carboxylic acids is 2. The molecule has 7 heteroatoms. The van der Waals surface area contributed by atoms with Gasteiger partial charge in [-0.3, -0.25) is 9.59 Å². The van der Waals surface area contributed by atoms with Gasteiger partial charge in [-0.15, -0.1) is 0 Å². The van der Waals surface area contributed by atoms with Crippen molar-refractivity contribution >= 4 is 40.7 Å². The molecular formula is C18H16Cl2N2O3. The number of amides is 2. The first-order valence-corrected chi connectivity index (χ1v) is 8.11. The van der Waals surface area contributed by atoms with Crippen molar-refractivity contribution in [2.45, 2.75) is 6.10 Å². The minimum Gasteiger partial charge on any atom is -0.387 e. The summed E-state index contributed by atoms with van der Waals surface area (Å²) in [5.74, 6) is -0.689. The van der Waals surface area contributed by atoms with Crippen molar-refractivity contribution in [2.24, 2.45) is 0 Å². The monoisotopic (exact) mass is 378 g/mol. The first-order chi connectivity index (χ1) is 11.9. The fourth-order valence-electron chi connectivity index (χ4n) is 2.07. The van der Waals surface area contributed by atoms with Crippen molar-refractivity contribution in [3.05, 3.63) is 76.3 Å². The Labute approximate surface area is 155 Å². The minimum atomic E-state index is -0.958. The van der Waals surface area contributed by atoms with Crippen molar-refractivity contribution in [1.29, 1.82) is 0 Å². The Morgan fingerprint density at radius 2 is 1.84 bits per heavy atom. The summed E-state index contributed by atoms with van der Waals surface area (Å²) in [6.07, 6.45) is 0.198. The van der Waals surface area contributed by atoms with Crippen LogP contribution in [0.5, 0.6) is 0 Å². The molecule has 0 aromatic heterocycles. The van der Waals surface area contributed by atoms with Crippen LogP contribution in [-0.2, 0) is 4.79 Å². The molecule has 5 nitrogen and oxygen atoms in total. The molecule has 3 N–H and O–H groups in total. The van der Waals surface area contributed by atoms with Gasteiger partial charge in [-0.25, -0.2) is 0 Å². The highest BCUT2D eigenvalue weighted by molar-refractivity contribution is 6.35. The normalized spacial score (nSPS) is 11.5. The molecule has 2 amide bonds. The molecule has 0 saturated heterocycles. The fraction of sp³-hybridized carbons (Fsp3) is 0.111. The highest BCUT2D eigenvalue weighted by Crippen LogP contribution is 2.26. The lowest BCUT2D eigenvalue weighted by atomic mass is 10.1. The topological polar surface area (TPSA) is 78.4 Å². The molecule has 0 aliphatic carbocycles. The molecule has 0 fully saturated rings. The first-order valence-electron chi connectivity index (χ1n) is 7.35. The molecule has 2 aromatic carbocycles. The molecular weight excluding hydrogens is 363 g/mol. The Morgan fingerprint density at radius 1 is 1.16 bits per heavy atom. The van der Waals surface area contributed by atoms with Crippen LogP contribution in [0, 0.1) is 0 Å². The summed E-state index contributed by atoms with van der Waals surface area (Å²) in [6, 6.07) is 11.1. The lowest BCUT2D eigenvalue weighted by molar-refractivity contribution is -0.111. The Kier molecular flexibility index (Phi) is 6.58. The van der Waals surface area contributed by atoms with Crippen LogP contribution >= 0.6 is 23.2 Å². The van der Waals surface area contributed by atoms with Gasteiger partial charge in [0.05, 0.1) is 6.10 Å². The standard InChI is InChI=1S/C18H16Cl2N2O3/c1-2-17(24)22-13-6-3-11(4-7-13)18(25)21-10-16(23)14-8-5-12(19)9-15(14)20/h2-9,16,23H,1,10H2,(H,21,25)(H,22,24). The van der Waals surface area contributed by atoms with E-state index in [0.717, 1.165) is 6.08 Å². The number of carbonyl (C=O) groups is 2. The van der Waals surface area contributed by atoms with E-state index >= 15 is 0 Å². The predicted octanol–water partition coefficient (Wildman–Crippen LogP) is 3.58. The summed E-state index contributed by atoms with van der Waals surface area (Å²) in [5, 5.41) is 16.2. The van der Waals surface area contributed by atoms with Gasteiger partial charge in [-0.05, 0) is 42.5 Å². The maximum absolute atomic E-state index is 12.1. The van der Waals surface area contributed by atoms with Crippen molar-refractivity contribution in [2.75, 3.05) is 11.9 Å². The molecule has 130 valence electrons. The van der Waals surface area contributed by atoms with Crippen molar-refractivity contribution in [3.63, 3.8) is 0 Å². The van der Waals surface area contributed by atoms with Gasteiger partial charge in [0.15, 0.2) is 0 Å². The summed E-state index contributed by atoms with van der Waals surface area (Å²) in [4.78, 5) is 23.3. The molecule has 1 atom stereocenters. The lowest BCUT2D eigenvalue weighted by Gasteiger charge is -2.14. The molecule has 0 aliphatic rings. The molecule has 0 aliphatic heterocycles. The van der Waals surface area contributed by atoms with Gasteiger partial charge in [0.1, 0.15) is 0 Å². The van der Waals surface area contributed by atoms with Gasteiger partial charge in [0.2, 0.25) is 5.91 Å². The van der Waals surface area contributed by atoms with E-state index < -0.39 is 6.10 Å². The molecule has 0 bridgehead atoms. The van der Waals surface area contributed by atoms with Crippen LogP contribution in [0.4, 0.5) is 5.69 Å². The molecule has 0 saturated carbocycles. The average Bonchev–Trinajstić information content (AvgIpc) is 2.60. The second kappa shape index (κ2) is 8.67. The molecule has 2 rings (SSSR count). The number of rotatable bonds is 6. The van der Waals surface area contributed by atoms with Crippen molar-refractivity contribution in [3.8, 4) is 0 Å². The summed E-state index contributed by atoms with van der Waals surface area (Å²) >= 11 is 11.8. The third-order valence-corrected chi connectivity index (χ3v) is 3.94. The quantitative estimate of drug-likeness (QED) is 0.672. The van der Waals surface area contributed by atoms with Crippen LogP contribution in [0.1, 0.15) is 22.0 Å². The lowest BCUT2D eigenvalue weighted by Crippen LogP contribution is -2.28. The largest absolute Gasteiger partial charge is 0.387 e. The number of nitrogens with one attached hydrogen (secondary N) is 2. The van der Waals surface area contributed by atoms with E-state index in [4.69, 9.17) is 23.2 Å². The summed E-state index contributed by atoms with van der Waals surface area (Å²) in [7, 11) is 0. The number of aliphatic hydroxyl groups is 1. The number of hydrogen-bond acceptors (Lipinski definition) is 3. The number of halogens is 2. The number of benzene rings is 2. The first kappa shape index (κ1) is 19.0. The van der Waals surface area contributed by atoms with Gasteiger partial charge in [-0.2, -0.15) is 0 Å². The van der Waals surface area contributed by atoms with Gasteiger partial charge in [0.25, 0.3) is 5.91 Å². The Hall–Kier alpha value is -2.34. The second-order valence-corrected chi connectivity index (χ2v) is 6.01. The number of hydrogen-bond donors (Lipinski definition) is 3. The maximum Gasteiger partial charge on any atom is 0.251 e. The van der Waals surface area contributed by atoms with Crippen LogP contribution in [0.3, 0.4) is 0 Å². The Morgan fingerprint density at radius 3 is 2.44 bits per heavy atom. The number of aliphatic hydroxyl groups excluding tert-OH is 1. The van der Waals surface area contributed by atoms with Crippen LogP contribution in [0.2, 0.25) is 10.0 Å². The van der Waals surface area contributed by atoms with E-state index in [1.54, 1.807) is 36.4 Å². The smallest absolute Gasteiger partial charge is 0.251 e. The van der Waals surface area contributed by atoms with Gasteiger partial charge >= 0.3 is 0 Å². The highest BCUT2D eigenvalue weighted by Gasteiger charge is 2.14. The van der Waals surface area contributed by atoms with Crippen LogP contribution in [0.25, 0.3) is 0 Å². The van der Waals surface area contributed by atoms with Gasteiger partial charge in [0, 0.05) is 33.4 Å². The van der Waals surface area contributed by atoms with Crippen LogP contribution in [-0.4, -0.2) is 23.5 Å². The fourth-order valence-corrected chi connectivity index (χ4v) is 2.61. The van der Waals surface area contributed by atoms with E-state index in [-0.39, 0.29) is 18.4 Å². The van der Waals surface area contributed by atoms with E-state index in [0.29, 0.717) is 26.9 Å². The average molecular weight is 379 g/mol. The van der Waals surface area contributed by atoms with Gasteiger partial charge in [-0.1, -0.05) is 35.8 Å². The van der Waals surface area contributed by atoms with Gasteiger partial charge < -0.3 is 15.7 Å². The summed E-state index contributed by atoms with van der Waals surface area (Å²) < 4.78 is 0. The number of anilines is 1. The van der Waals surface area contributed by atoms with Crippen LogP contribution < -0.4 is 10.6 Å². The van der Waals surface area contributed by atoms with E-state index in [9.17, 15) is 14.7 Å².